The zero-order valence-electron chi connectivity index (χ0n) is 16.7. The first-order valence-electron chi connectivity index (χ1n) is 9.54. The number of carbonyl (C=O) groups excluding carboxylic acids is 1. The Morgan fingerprint density at radius 3 is 2.47 bits per heavy atom. The van der Waals surface area contributed by atoms with E-state index < -0.39 is 0 Å². The molecule has 0 radical (unpaired) electrons. The topological polar surface area (TPSA) is 72.7 Å². The molecule has 2 aromatic heterocycles. The van der Waals surface area contributed by atoms with Crippen LogP contribution in [0.3, 0.4) is 0 Å². The third-order valence-corrected chi connectivity index (χ3v) is 5.50. The van der Waals surface area contributed by atoms with E-state index in [4.69, 9.17) is 0 Å². The van der Waals surface area contributed by atoms with Gasteiger partial charge in [0.1, 0.15) is 5.69 Å². The maximum atomic E-state index is 12.5. The molecule has 0 spiro atoms. The number of rotatable bonds is 6. The van der Waals surface area contributed by atoms with Gasteiger partial charge in [-0.3, -0.25) is 14.3 Å². The zero-order chi connectivity index (χ0) is 20.9. The highest BCUT2D eigenvalue weighted by Crippen LogP contribution is 2.27. The van der Waals surface area contributed by atoms with E-state index in [0.29, 0.717) is 11.0 Å². The molecule has 0 atom stereocenters. The minimum absolute atomic E-state index is 0.0906. The second-order valence-electron chi connectivity index (χ2n) is 6.84. The summed E-state index contributed by atoms with van der Waals surface area (Å²) in [6, 6.07) is 21.5. The minimum atomic E-state index is -0.0906. The molecule has 0 saturated carbocycles. The van der Waals surface area contributed by atoms with E-state index in [1.165, 1.54) is 11.8 Å². The maximum absolute atomic E-state index is 12.5. The fraction of sp³-hybridized carbons (Fsp3) is 0.130. The van der Waals surface area contributed by atoms with Crippen LogP contribution in [0.2, 0.25) is 0 Å². The van der Waals surface area contributed by atoms with Gasteiger partial charge in [-0.1, -0.05) is 53.7 Å². The van der Waals surface area contributed by atoms with Crippen molar-refractivity contribution in [2.45, 2.75) is 19.0 Å². The van der Waals surface area contributed by atoms with Gasteiger partial charge < -0.3 is 5.32 Å². The molecule has 4 rings (SSSR count). The number of para-hydroxylation sites is 1. The first-order valence-corrected chi connectivity index (χ1v) is 10.5. The Morgan fingerprint density at radius 2 is 1.73 bits per heavy atom. The van der Waals surface area contributed by atoms with Crippen LogP contribution in [0.5, 0.6) is 0 Å². The summed E-state index contributed by atoms with van der Waals surface area (Å²) in [6.07, 6.45) is 1.73. The largest absolute Gasteiger partial charge is 0.325 e. The highest BCUT2D eigenvalue weighted by Gasteiger charge is 2.18. The third-order valence-electron chi connectivity index (χ3n) is 4.57. The van der Waals surface area contributed by atoms with Crippen LogP contribution in [0.4, 0.5) is 5.69 Å². The molecule has 150 valence electrons. The minimum Gasteiger partial charge on any atom is -0.325 e. The van der Waals surface area contributed by atoms with Crippen molar-refractivity contribution in [3.05, 3.63) is 84.1 Å². The lowest BCUT2D eigenvalue weighted by Crippen LogP contribution is -2.15. The van der Waals surface area contributed by atoms with Gasteiger partial charge in [0.25, 0.3) is 0 Å². The van der Waals surface area contributed by atoms with Gasteiger partial charge in [0, 0.05) is 17.6 Å². The van der Waals surface area contributed by atoms with Crippen LogP contribution in [0.15, 0.2) is 78.1 Å². The predicted octanol–water partition coefficient (Wildman–Crippen LogP) is 4.68. The number of carbonyl (C=O) groups is 1. The molecule has 7 heteroatoms. The molecule has 6 nitrogen and oxygen atoms in total. The summed E-state index contributed by atoms with van der Waals surface area (Å²) in [5, 5.41) is 12.3. The van der Waals surface area contributed by atoms with Crippen molar-refractivity contribution in [2.75, 3.05) is 11.1 Å². The highest BCUT2D eigenvalue weighted by molar-refractivity contribution is 7.99. The number of benzene rings is 2. The van der Waals surface area contributed by atoms with Crippen LogP contribution in [-0.4, -0.2) is 31.4 Å². The van der Waals surface area contributed by atoms with Gasteiger partial charge in [-0.25, -0.2) is 0 Å². The van der Waals surface area contributed by atoms with Crippen molar-refractivity contribution in [3.8, 4) is 17.2 Å². The molecule has 0 unspecified atom stereocenters. The molecule has 2 aromatic carbocycles. The lowest BCUT2D eigenvalue weighted by atomic mass is 10.2. The van der Waals surface area contributed by atoms with E-state index in [1.54, 1.807) is 6.20 Å². The molecular formula is C23H21N5OS. The van der Waals surface area contributed by atoms with Crippen LogP contribution in [0.1, 0.15) is 11.1 Å². The van der Waals surface area contributed by atoms with Crippen molar-refractivity contribution < 1.29 is 4.79 Å². The van der Waals surface area contributed by atoms with E-state index in [2.05, 4.69) is 20.5 Å². The number of hydrogen-bond acceptors (Lipinski definition) is 5. The first-order chi connectivity index (χ1) is 14.6. The number of pyridine rings is 1. The zero-order valence-corrected chi connectivity index (χ0v) is 17.6. The Balaban J connectivity index is 1.60. The number of amides is 1. The summed E-state index contributed by atoms with van der Waals surface area (Å²) in [7, 11) is 0. The lowest BCUT2D eigenvalue weighted by molar-refractivity contribution is -0.113. The molecule has 0 aliphatic carbocycles. The van der Waals surface area contributed by atoms with Crippen molar-refractivity contribution in [3.63, 3.8) is 0 Å². The number of aromatic nitrogens is 4. The smallest absolute Gasteiger partial charge is 0.234 e. The molecule has 0 bridgehead atoms. The van der Waals surface area contributed by atoms with Gasteiger partial charge >= 0.3 is 0 Å². The molecule has 4 aromatic rings. The standard InChI is InChI=1S/C23H21N5OS/c1-16-10-12-18(13-11-16)28-22(20-9-5-6-14-24-20)26-27-23(28)30-15-21(29)25-19-8-4-3-7-17(19)2/h3-14H,15H2,1-2H3,(H,25,29). The molecule has 2 heterocycles. The molecule has 1 N–H and O–H groups in total. The van der Waals surface area contributed by atoms with E-state index in [1.807, 2.05) is 85.1 Å². The van der Waals surface area contributed by atoms with Gasteiger partial charge in [-0.05, 0) is 49.7 Å². The monoisotopic (exact) mass is 415 g/mol. The normalized spacial score (nSPS) is 10.7. The van der Waals surface area contributed by atoms with Gasteiger partial charge in [0.15, 0.2) is 11.0 Å². The van der Waals surface area contributed by atoms with E-state index in [0.717, 1.165) is 28.2 Å². The Morgan fingerprint density at radius 1 is 0.967 bits per heavy atom. The van der Waals surface area contributed by atoms with E-state index >= 15 is 0 Å². The summed E-state index contributed by atoms with van der Waals surface area (Å²) >= 11 is 1.34. The number of hydrogen-bond donors (Lipinski definition) is 1. The summed E-state index contributed by atoms with van der Waals surface area (Å²) in [5.74, 6) is 0.772. The molecule has 0 saturated heterocycles. The summed E-state index contributed by atoms with van der Waals surface area (Å²) in [6.45, 7) is 4.01. The van der Waals surface area contributed by atoms with E-state index in [-0.39, 0.29) is 11.7 Å². The van der Waals surface area contributed by atoms with Crippen molar-refractivity contribution >= 4 is 23.4 Å². The van der Waals surface area contributed by atoms with Crippen molar-refractivity contribution in [1.82, 2.24) is 19.7 Å². The Hall–Kier alpha value is -3.45. The summed E-state index contributed by atoms with van der Waals surface area (Å²) in [4.78, 5) is 16.9. The number of nitrogens with zero attached hydrogens (tertiary/aromatic N) is 4. The summed E-state index contributed by atoms with van der Waals surface area (Å²) in [5.41, 5.74) is 4.65. The molecule has 1 amide bonds. The Labute approximate surface area is 179 Å². The van der Waals surface area contributed by atoms with E-state index in [9.17, 15) is 4.79 Å². The van der Waals surface area contributed by atoms with Crippen molar-refractivity contribution in [2.24, 2.45) is 0 Å². The molecular weight excluding hydrogens is 394 g/mol. The van der Waals surface area contributed by atoms with Crippen LogP contribution in [-0.2, 0) is 4.79 Å². The van der Waals surface area contributed by atoms with Crippen LogP contribution in [0, 0.1) is 13.8 Å². The van der Waals surface area contributed by atoms with Gasteiger partial charge in [0.2, 0.25) is 5.91 Å². The fourth-order valence-corrected chi connectivity index (χ4v) is 3.73. The summed E-state index contributed by atoms with van der Waals surface area (Å²) < 4.78 is 1.94. The quantitative estimate of drug-likeness (QED) is 0.463. The molecule has 0 aliphatic heterocycles. The molecule has 0 fully saturated rings. The fourth-order valence-electron chi connectivity index (χ4n) is 2.98. The number of anilines is 1. The highest BCUT2D eigenvalue weighted by atomic mass is 32.2. The average molecular weight is 416 g/mol. The maximum Gasteiger partial charge on any atom is 0.234 e. The van der Waals surface area contributed by atoms with Gasteiger partial charge in [0.05, 0.1) is 5.75 Å². The second kappa shape index (κ2) is 8.92. The van der Waals surface area contributed by atoms with Gasteiger partial charge in [-0.2, -0.15) is 0 Å². The second-order valence-corrected chi connectivity index (χ2v) is 7.79. The molecule has 0 aliphatic rings. The Bertz CT molecular complexity index is 1160. The SMILES string of the molecule is Cc1ccc(-n2c(SCC(=O)Nc3ccccc3C)nnc2-c2ccccn2)cc1. The van der Waals surface area contributed by atoms with Crippen LogP contribution < -0.4 is 5.32 Å². The first kappa shape index (κ1) is 19.8. The van der Waals surface area contributed by atoms with Crippen LogP contribution >= 0.6 is 11.8 Å². The molecule has 30 heavy (non-hydrogen) atoms. The lowest BCUT2D eigenvalue weighted by Gasteiger charge is -2.11. The third kappa shape index (κ3) is 4.41. The van der Waals surface area contributed by atoms with Crippen LogP contribution in [0.25, 0.3) is 17.2 Å². The number of thioether (sulfide) groups is 1. The average Bonchev–Trinajstić information content (AvgIpc) is 3.19. The number of aryl methyl sites for hydroxylation is 2. The van der Waals surface area contributed by atoms with Crippen molar-refractivity contribution in [1.29, 1.82) is 0 Å². The predicted molar refractivity (Wildman–Crippen MR) is 120 cm³/mol. The number of nitrogens with one attached hydrogen (secondary N) is 1. The van der Waals surface area contributed by atoms with Gasteiger partial charge in [-0.15, -0.1) is 10.2 Å². The Kier molecular flexibility index (Phi) is 5.90.